The molecule has 0 amide bonds. The highest BCUT2D eigenvalue weighted by Gasteiger charge is 2.28. The van der Waals surface area contributed by atoms with Crippen molar-refractivity contribution < 1.29 is 0 Å². The maximum atomic E-state index is 4.44. The van der Waals surface area contributed by atoms with Crippen LogP contribution in [0, 0.1) is 11.3 Å². The molecule has 1 aromatic heterocycles. The van der Waals surface area contributed by atoms with Gasteiger partial charge in [0.15, 0.2) is 0 Å². The molecular weight excluding hydrogens is 236 g/mol. The maximum Gasteiger partial charge on any atom is 0.144 e. The topological polar surface area (TPSA) is 41.1 Å². The zero-order valence-electron chi connectivity index (χ0n) is 12.6. The summed E-state index contributed by atoms with van der Waals surface area (Å²) in [5.41, 5.74) is 1.51. The number of rotatable bonds is 3. The Labute approximate surface area is 116 Å². The van der Waals surface area contributed by atoms with Crippen molar-refractivity contribution in [1.82, 2.24) is 14.9 Å². The van der Waals surface area contributed by atoms with Gasteiger partial charge < -0.3 is 5.32 Å². The van der Waals surface area contributed by atoms with E-state index in [1.54, 1.807) is 6.20 Å². The van der Waals surface area contributed by atoms with Crippen molar-refractivity contribution in [3.8, 4) is 0 Å². The SMILES string of the molecule is CNc1cnc(CN2CCC(C(C)(C)C)CC2)cn1. The van der Waals surface area contributed by atoms with E-state index >= 15 is 0 Å². The summed E-state index contributed by atoms with van der Waals surface area (Å²) in [7, 11) is 1.86. The van der Waals surface area contributed by atoms with Gasteiger partial charge in [-0.3, -0.25) is 9.88 Å². The van der Waals surface area contributed by atoms with Gasteiger partial charge in [0.1, 0.15) is 5.82 Å². The molecule has 1 aliphatic heterocycles. The van der Waals surface area contributed by atoms with E-state index < -0.39 is 0 Å². The van der Waals surface area contributed by atoms with Gasteiger partial charge in [-0.25, -0.2) is 4.98 Å². The zero-order valence-corrected chi connectivity index (χ0v) is 12.6. The maximum absolute atomic E-state index is 4.44. The number of hydrogen-bond acceptors (Lipinski definition) is 4. The van der Waals surface area contributed by atoms with Crippen LogP contribution in [-0.2, 0) is 6.54 Å². The van der Waals surface area contributed by atoms with Crippen LogP contribution in [0.3, 0.4) is 0 Å². The molecule has 1 aliphatic rings. The first kappa shape index (κ1) is 14.3. The van der Waals surface area contributed by atoms with Crippen LogP contribution < -0.4 is 5.32 Å². The van der Waals surface area contributed by atoms with E-state index in [4.69, 9.17) is 0 Å². The van der Waals surface area contributed by atoms with E-state index in [9.17, 15) is 0 Å². The highest BCUT2D eigenvalue weighted by atomic mass is 15.1. The Balaban J connectivity index is 1.85. The summed E-state index contributed by atoms with van der Waals surface area (Å²) in [6, 6.07) is 0. The lowest BCUT2D eigenvalue weighted by atomic mass is 9.75. The molecule has 0 spiro atoms. The number of aromatic nitrogens is 2. The van der Waals surface area contributed by atoms with Gasteiger partial charge in [-0.2, -0.15) is 0 Å². The van der Waals surface area contributed by atoms with Gasteiger partial charge in [0.25, 0.3) is 0 Å². The van der Waals surface area contributed by atoms with E-state index in [0.717, 1.165) is 24.0 Å². The average molecular weight is 262 g/mol. The number of anilines is 1. The largest absolute Gasteiger partial charge is 0.372 e. The van der Waals surface area contributed by atoms with Gasteiger partial charge in [-0.05, 0) is 37.3 Å². The Morgan fingerprint density at radius 2 is 1.89 bits per heavy atom. The average Bonchev–Trinajstić information content (AvgIpc) is 2.39. The Morgan fingerprint density at radius 3 is 2.37 bits per heavy atom. The summed E-state index contributed by atoms with van der Waals surface area (Å²) in [4.78, 5) is 11.3. The summed E-state index contributed by atoms with van der Waals surface area (Å²) >= 11 is 0. The number of likely N-dealkylation sites (tertiary alicyclic amines) is 1. The normalized spacial score (nSPS) is 18.5. The molecule has 0 atom stereocenters. The van der Waals surface area contributed by atoms with Gasteiger partial charge in [-0.1, -0.05) is 20.8 Å². The predicted octanol–water partition coefficient (Wildman–Crippen LogP) is 2.78. The second kappa shape index (κ2) is 5.87. The quantitative estimate of drug-likeness (QED) is 0.909. The molecule has 2 heterocycles. The molecule has 4 heteroatoms. The lowest BCUT2D eigenvalue weighted by molar-refractivity contribution is 0.107. The van der Waals surface area contributed by atoms with Crippen molar-refractivity contribution in [1.29, 1.82) is 0 Å². The van der Waals surface area contributed by atoms with Crippen LogP contribution in [0.15, 0.2) is 12.4 Å². The monoisotopic (exact) mass is 262 g/mol. The van der Waals surface area contributed by atoms with Gasteiger partial charge in [0.05, 0.1) is 18.1 Å². The smallest absolute Gasteiger partial charge is 0.144 e. The minimum Gasteiger partial charge on any atom is -0.372 e. The van der Waals surface area contributed by atoms with Crippen molar-refractivity contribution in [2.24, 2.45) is 11.3 Å². The molecule has 0 saturated carbocycles. The number of hydrogen-bond donors (Lipinski definition) is 1. The number of piperidine rings is 1. The van der Waals surface area contributed by atoms with Gasteiger partial charge in [0.2, 0.25) is 0 Å². The summed E-state index contributed by atoms with van der Waals surface area (Å²) in [6.07, 6.45) is 6.27. The first-order valence-corrected chi connectivity index (χ1v) is 7.20. The fourth-order valence-electron chi connectivity index (χ4n) is 2.75. The fraction of sp³-hybridized carbons (Fsp3) is 0.733. The van der Waals surface area contributed by atoms with Gasteiger partial charge >= 0.3 is 0 Å². The molecule has 1 N–H and O–H groups in total. The lowest BCUT2D eigenvalue weighted by Crippen LogP contribution is -2.37. The summed E-state index contributed by atoms with van der Waals surface area (Å²) in [5.74, 6) is 1.68. The minimum absolute atomic E-state index is 0.445. The third-order valence-corrected chi connectivity index (χ3v) is 4.16. The van der Waals surface area contributed by atoms with Crippen LogP contribution >= 0.6 is 0 Å². The second-order valence-electron chi connectivity index (χ2n) is 6.56. The number of nitrogens with one attached hydrogen (secondary N) is 1. The van der Waals surface area contributed by atoms with Crippen LogP contribution in [-0.4, -0.2) is 35.0 Å². The standard InChI is InChI=1S/C15H26N4/c1-15(2,3)12-5-7-19(8-6-12)11-13-9-18-14(16-4)10-17-13/h9-10,12H,5-8,11H2,1-4H3,(H,16,18). The van der Waals surface area contributed by atoms with Crippen molar-refractivity contribution in [3.05, 3.63) is 18.1 Å². The first-order chi connectivity index (χ1) is 8.99. The summed E-state index contributed by atoms with van der Waals surface area (Å²) in [5, 5.41) is 2.99. The van der Waals surface area contributed by atoms with Crippen LogP contribution in [0.5, 0.6) is 0 Å². The van der Waals surface area contributed by atoms with E-state index in [0.29, 0.717) is 5.41 Å². The van der Waals surface area contributed by atoms with Gasteiger partial charge in [-0.15, -0.1) is 0 Å². The Kier molecular flexibility index (Phi) is 4.40. The van der Waals surface area contributed by atoms with E-state index in [-0.39, 0.29) is 0 Å². The van der Waals surface area contributed by atoms with Crippen LogP contribution in [0.4, 0.5) is 5.82 Å². The van der Waals surface area contributed by atoms with Crippen molar-refractivity contribution >= 4 is 5.82 Å². The molecule has 0 aliphatic carbocycles. The third-order valence-electron chi connectivity index (χ3n) is 4.16. The molecule has 19 heavy (non-hydrogen) atoms. The third kappa shape index (κ3) is 3.90. The van der Waals surface area contributed by atoms with Crippen LogP contribution in [0.2, 0.25) is 0 Å². The molecule has 0 radical (unpaired) electrons. The van der Waals surface area contributed by atoms with Gasteiger partial charge in [0, 0.05) is 13.6 Å². The molecule has 0 unspecified atom stereocenters. The summed E-state index contributed by atoms with van der Waals surface area (Å²) < 4.78 is 0. The van der Waals surface area contributed by atoms with Crippen LogP contribution in [0.25, 0.3) is 0 Å². The molecule has 0 aromatic carbocycles. The highest BCUT2D eigenvalue weighted by molar-refractivity contribution is 5.29. The molecule has 1 aromatic rings. The highest BCUT2D eigenvalue weighted by Crippen LogP contribution is 2.34. The molecule has 2 rings (SSSR count). The Morgan fingerprint density at radius 1 is 1.21 bits per heavy atom. The van der Waals surface area contributed by atoms with Crippen molar-refractivity contribution in [3.63, 3.8) is 0 Å². The number of nitrogens with zero attached hydrogens (tertiary/aromatic N) is 3. The molecule has 1 saturated heterocycles. The van der Waals surface area contributed by atoms with Crippen molar-refractivity contribution in [2.45, 2.75) is 40.2 Å². The van der Waals surface area contributed by atoms with Crippen molar-refractivity contribution in [2.75, 3.05) is 25.5 Å². The van der Waals surface area contributed by atoms with E-state index in [2.05, 4.69) is 41.0 Å². The fourth-order valence-corrected chi connectivity index (χ4v) is 2.75. The predicted molar refractivity (Wildman–Crippen MR) is 79.0 cm³/mol. The Hall–Kier alpha value is -1.16. The van der Waals surface area contributed by atoms with E-state index in [1.807, 2.05) is 13.2 Å². The molecule has 0 bridgehead atoms. The second-order valence-corrected chi connectivity index (χ2v) is 6.56. The Bertz CT molecular complexity index is 386. The molecule has 1 fully saturated rings. The zero-order chi connectivity index (χ0) is 13.9. The molecule has 106 valence electrons. The van der Waals surface area contributed by atoms with E-state index in [1.165, 1.54) is 25.9 Å². The minimum atomic E-state index is 0.445. The first-order valence-electron chi connectivity index (χ1n) is 7.20. The lowest BCUT2D eigenvalue weighted by Gasteiger charge is -2.38. The van der Waals surface area contributed by atoms with Crippen LogP contribution in [0.1, 0.15) is 39.3 Å². The summed E-state index contributed by atoms with van der Waals surface area (Å²) in [6.45, 7) is 10.3. The molecule has 4 nitrogen and oxygen atoms in total. The molecular formula is C15H26N4.